The summed E-state index contributed by atoms with van der Waals surface area (Å²) in [6.07, 6.45) is 1.25. The molecule has 0 spiro atoms. The number of aryl methyl sites for hydroxylation is 1. The second kappa shape index (κ2) is 8.37. The summed E-state index contributed by atoms with van der Waals surface area (Å²) in [5.41, 5.74) is 3.10. The Bertz CT molecular complexity index is 333. The van der Waals surface area contributed by atoms with E-state index in [1.54, 1.807) is 0 Å². The van der Waals surface area contributed by atoms with Crippen LogP contribution in [0.1, 0.15) is 59.1 Å². The topological polar surface area (TPSA) is 12.0 Å². The van der Waals surface area contributed by atoms with E-state index in [1.807, 2.05) is 7.05 Å². The van der Waals surface area contributed by atoms with Crippen LogP contribution >= 0.6 is 0 Å². The van der Waals surface area contributed by atoms with Crippen LogP contribution in [-0.2, 0) is 5.41 Å². The van der Waals surface area contributed by atoms with Crippen molar-refractivity contribution in [3.05, 3.63) is 35.4 Å². The molecule has 0 bridgehead atoms. The van der Waals surface area contributed by atoms with Gasteiger partial charge in [-0.05, 0) is 37.3 Å². The molecular formula is C18H33N. The number of hydrogen-bond acceptors (Lipinski definition) is 1. The zero-order valence-corrected chi connectivity index (χ0v) is 14.2. The third-order valence-electron chi connectivity index (χ3n) is 3.33. The molecule has 1 N–H and O–H groups in total. The number of benzene rings is 1. The van der Waals surface area contributed by atoms with Gasteiger partial charge in [-0.2, -0.15) is 0 Å². The monoisotopic (exact) mass is 263 g/mol. The van der Waals surface area contributed by atoms with E-state index in [4.69, 9.17) is 0 Å². The van der Waals surface area contributed by atoms with Crippen molar-refractivity contribution in [2.45, 2.75) is 66.3 Å². The first-order valence-electron chi connectivity index (χ1n) is 7.43. The van der Waals surface area contributed by atoms with Crippen LogP contribution in [0.5, 0.6) is 0 Å². The molecule has 0 aliphatic rings. The summed E-state index contributed by atoms with van der Waals surface area (Å²) in [7, 11) is 1.95. The Morgan fingerprint density at radius 1 is 1.00 bits per heavy atom. The molecule has 0 saturated heterocycles. The highest BCUT2D eigenvalue weighted by molar-refractivity contribution is 5.27. The number of nitrogens with one attached hydrogen (secondary N) is 1. The third kappa shape index (κ3) is 8.05. The number of hydrogen-bond donors (Lipinski definition) is 1. The molecule has 110 valence electrons. The van der Waals surface area contributed by atoms with Crippen molar-refractivity contribution in [3.63, 3.8) is 0 Å². The maximum atomic E-state index is 3.03. The zero-order chi connectivity index (χ0) is 15.1. The van der Waals surface area contributed by atoms with E-state index in [0.29, 0.717) is 11.5 Å². The van der Waals surface area contributed by atoms with Gasteiger partial charge in [0.15, 0.2) is 0 Å². The van der Waals surface area contributed by atoms with Crippen molar-refractivity contribution in [2.24, 2.45) is 5.92 Å². The molecular weight excluding hydrogens is 230 g/mol. The molecule has 1 nitrogen and oxygen atoms in total. The van der Waals surface area contributed by atoms with Crippen LogP contribution in [0.25, 0.3) is 0 Å². The Kier molecular flexibility index (Phi) is 8.01. The van der Waals surface area contributed by atoms with Gasteiger partial charge >= 0.3 is 0 Å². The average molecular weight is 263 g/mol. The van der Waals surface area contributed by atoms with E-state index in [1.165, 1.54) is 17.5 Å². The molecule has 0 fully saturated rings. The van der Waals surface area contributed by atoms with Crippen LogP contribution in [0.2, 0.25) is 0 Å². The van der Waals surface area contributed by atoms with Crippen LogP contribution in [-0.4, -0.2) is 13.1 Å². The van der Waals surface area contributed by atoms with Gasteiger partial charge in [0.05, 0.1) is 0 Å². The summed E-state index contributed by atoms with van der Waals surface area (Å²) in [4.78, 5) is 0. The molecule has 0 unspecified atom stereocenters. The van der Waals surface area contributed by atoms with Crippen LogP contribution in [0.4, 0.5) is 0 Å². The van der Waals surface area contributed by atoms with Gasteiger partial charge in [0.25, 0.3) is 0 Å². The fourth-order valence-electron chi connectivity index (χ4n) is 2.14. The normalized spacial score (nSPS) is 11.5. The maximum absolute atomic E-state index is 3.03. The molecule has 0 aliphatic heterocycles. The minimum absolute atomic E-state index is 0.307. The van der Waals surface area contributed by atoms with Crippen LogP contribution in [0, 0.1) is 12.8 Å². The Morgan fingerprint density at radius 2 is 1.42 bits per heavy atom. The second-order valence-electron chi connectivity index (χ2n) is 6.79. The third-order valence-corrected chi connectivity index (χ3v) is 3.33. The highest BCUT2D eigenvalue weighted by Crippen LogP contribution is 2.30. The zero-order valence-electron chi connectivity index (χ0n) is 14.2. The Hall–Kier alpha value is -0.820. The Balaban J connectivity index is 0.000000555. The standard InChI is InChI=1S/C14H22.C4H11N/c1-11(2)10-14(4,5)13-8-6-12(3)7-9-13;1-4(2)5-3/h6-9,11H,10H2,1-5H3;4-5H,1-3H3. The lowest BCUT2D eigenvalue weighted by molar-refractivity contribution is 0.399. The summed E-state index contributed by atoms with van der Waals surface area (Å²) in [5.74, 6) is 0.756. The van der Waals surface area contributed by atoms with Crippen LogP contribution < -0.4 is 5.32 Å². The largest absolute Gasteiger partial charge is 0.318 e. The average Bonchev–Trinajstić information content (AvgIpc) is 2.28. The molecule has 0 atom stereocenters. The summed E-state index contributed by atoms with van der Waals surface area (Å²) < 4.78 is 0. The fraction of sp³-hybridized carbons (Fsp3) is 0.667. The molecule has 1 rings (SSSR count). The van der Waals surface area contributed by atoms with Gasteiger partial charge in [0, 0.05) is 6.04 Å². The first kappa shape index (κ1) is 18.2. The molecule has 1 heteroatoms. The van der Waals surface area contributed by atoms with Crippen molar-refractivity contribution in [1.82, 2.24) is 5.32 Å². The minimum atomic E-state index is 0.307. The van der Waals surface area contributed by atoms with Crippen molar-refractivity contribution < 1.29 is 0 Å². The molecule has 19 heavy (non-hydrogen) atoms. The van der Waals surface area contributed by atoms with E-state index in [0.717, 1.165) is 5.92 Å². The predicted molar refractivity (Wildman–Crippen MR) is 87.9 cm³/mol. The van der Waals surface area contributed by atoms with E-state index in [-0.39, 0.29) is 0 Å². The lowest BCUT2D eigenvalue weighted by Crippen LogP contribution is -2.19. The lowest BCUT2D eigenvalue weighted by Gasteiger charge is -2.27. The number of rotatable bonds is 4. The van der Waals surface area contributed by atoms with Gasteiger partial charge in [0.2, 0.25) is 0 Å². The Morgan fingerprint density at radius 3 is 1.74 bits per heavy atom. The van der Waals surface area contributed by atoms with Gasteiger partial charge in [0.1, 0.15) is 0 Å². The fourth-order valence-corrected chi connectivity index (χ4v) is 2.14. The summed E-state index contributed by atoms with van der Waals surface area (Å²) >= 11 is 0. The van der Waals surface area contributed by atoms with E-state index in [9.17, 15) is 0 Å². The SMILES string of the molecule is CNC(C)C.Cc1ccc(C(C)(C)CC(C)C)cc1. The van der Waals surface area contributed by atoms with Gasteiger partial charge in [-0.25, -0.2) is 0 Å². The van der Waals surface area contributed by atoms with Gasteiger partial charge < -0.3 is 5.32 Å². The second-order valence-corrected chi connectivity index (χ2v) is 6.79. The minimum Gasteiger partial charge on any atom is -0.318 e. The van der Waals surface area contributed by atoms with Crippen molar-refractivity contribution in [3.8, 4) is 0 Å². The first-order valence-corrected chi connectivity index (χ1v) is 7.43. The quantitative estimate of drug-likeness (QED) is 0.812. The summed E-state index contributed by atoms with van der Waals surface area (Å²) in [6, 6.07) is 9.57. The first-order chi connectivity index (χ1) is 8.69. The summed E-state index contributed by atoms with van der Waals surface area (Å²) in [6.45, 7) is 15.6. The van der Waals surface area contributed by atoms with Gasteiger partial charge in [-0.15, -0.1) is 0 Å². The van der Waals surface area contributed by atoms with E-state index in [2.05, 4.69) is 78.0 Å². The van der Waals surface area contributed by atoms with Gasteiger partial charge in [-0.3, -0.25) is 0 Å². The molecule has 0 radical (unpaired) electrons. The molecule has 1 aromatic carbocycles. The Labute approximate surface area is 120 Å². The molecule has 0 aliphatic carbocycles. The molecule has 0 aromatic heterocycles. The molecule has 1 aromatic rings. The molecule has 0 amide bonds. The van der Waals surface area contributed by atoms with Crippen molar-refractivity contribution >= 4 is 0 Å². The van der Waals surface area contributed by atoms with Crippen molar-refractivity contribution in [2.75, 3.05) is 7.05 Å². The molecule has 0 heterocycles. The maximum Gasteiger partial charge on any atom is 0.000733 e. The predicted octanol–water partition coefficient (Wildman–Crippen LogP) is 4.93. The van der Waals surface area contributed by atoms with Gasteiger partial charge in [-0.1, -0.05) is 71.4 Å². The van der Waals surface area contributed by atoms with Crippen LogP contribution in [0.3, 0.4) is 0 Å². The van der Waals surface area contributed by atoms with Crippen molar-refractivity contribution in [1.29, 1.82) is 0 Å². The summed E-state index contributed by atoms with van der Waals surface area (Å²) in [5, 5.41) is 3.03. The smallest absolute Gasteiger partial charge is 0.000733 e. The highest BCUT2D eigenvalue weighted by atomic mass is 14.8. The highest BCUT2D eigenvalue weighted by Gasteiger charge is 2.21. The van der Waals surface area contributed by atoms with E-state index >= 15 is 0 Å². The molecule has 0 saturated carbocycles. The lowest BCUT2D eigenvalue weighted by atomic mass is 9.78. The van der Waals surface area contributed by atoms with E-state index < -0.39 is 0 Å². The van der Waals surface area contributed by atoms with Crippen LogP contribution in [0.15, 0.2) is 24.3 Å².